The molecule has 7 heteroatoms. The molecule has 0 radical (unpaired) electrons. The van der Waals surface area contributed by atoms with Gasteiger partial charge in [0.15, 0.2) is 0 Å². The Morgan fingerprint density at radius 3 is 2.54 bits per heavy atom. The number of amides is 1. The van der Waals surface area contributed by atoms with Gasteiger partial charge >= 0.3 is 0 Å². The number of rotatable bonds is 6. The molecule has 1 saturated heterocycles. The van der Waals surface area contributed by atoms with Crippen molar-refractivity contribution in [3.8, 4) is 0 Å². The number of anilines is 1. The van der Waals surface area contributed by atoms with Gasteiger partial charge in [-0.15, -0.1) is 0 Å². The Morgan fingerprint density at radius 2 is 1.93 bits per heavy atom. The number of benzene rings is 1. The monoisotopic (exact) mass is 390 g/mol. The Kier molecular flexibility index (Phi) is 5.93. The van der Waals surface area contributed by atoms with Crippen LogP contribution in [0, 0.1) is 11.6 Å². The highest BCUT2D eigenvalue weighted by Crippen LogP contribution is 2.34. The Hall–Kier alpha value is -2.54. The van der Waals surface area contributed by atoms with E-state index < -0.39 is 17.6 Å². The van der Waals surface area contributed by atoms with Crippen LogP contribution in [0.3, 0.4) is 0 Å². The predicted molar refractivity (Wildman–Crippen MR) is 103 cm³/mol. The molecule has 2 aromatic rings. The van der Waals surface area contributed by atoms with Gasteiger partial charge in [-0.1, -0.05) is 6.92 Å². The largest absolute Gasteiger partial charge is 0.380 e. The number of hydrogen-bond acceptors (Lipinski definition) is 3. The minimum absolute atomic E-state index is 0.0396. The summed E-state index contributed by atoms with van der Waals surface area (Å²) in [5.41, 5.74) is 0.363. The van der Waals surface area contributed by atoms with Gasteiger partial charge in [0, 0.05) is 37.8 Å². The fraction of sp³-hybridized carbons (Fsp3) is 0.429. The maximum Gasteiger partial charge on any atom is 0.274 e. The van der Waals surface area contributed by atoms with Crippen molar-refractivity contribution in [1.29, 1.82) is 0 Å². The molecule has 0 spiro atoms. The van der Waals surface area contributed by atoms with Crippen molar-refractivity contribution in [3.05, 3.63) is 63.6 Å². The summed E-state index contributed by atoms with van der Waals surface area (Å²) in [7, 11) is 1.56. The number of aryl methyl sites for hydroxylation is 1. The zero-order chi connectivity index (χ0) is 20.4. The first-order valence-corrected chi connectivity index (χ1v) is 9.36. The first kappa shape index (κ1) is 20.2. The molecule has 1 amide bonds. The van der Waals surface area contributed by atoms with Crippen LogP contribution in [0.5, 0.6) is 0 Å². The minimum Gasteiger partial charge on any atom is -0.380 e. The van der Waals surface area contributed by atoms with Crippen molar-refractivity contribution in [1.82, 2.24) is 4.57 Å². The van der Waals surface area contributed by atoms with E-state index in [0.29, 0.717) is 18.5 Å². The van der Waals surface area contributed by atoms with Crippen molar-refractivity contribution in [3.63, 3.8) is 0 Å². The molecule has 2 atom stereocenters. The summed E-state index contributed by atoms with van der Waals surface area (Å²) in [6.07, 6.45) is 1.94. The molecule has 0 N–H and O–H groups in total. The lowest BCUT2D eigenvalue weighted by atomic mass is 9.95. The average molecular weight is 390 g/mol. The summed E-state index contributed by atoms with van der Waals surface area (Å²) in [4.78, 5) is 26.7. The molecular formula is C21H24F2N2O3. The first-order chi connectivity index (χ1) is 13.3. The fourth-order valence-corrected chi connectivity index (χ4v) is 3.59. The molecule has 0 saturated carbocycles. The van der Waals surface area contributed by atoms with Gasteiger partial charge in [-0.25, -0.2) is 8.78 Å². The number of methoxy groups -OCH3 is 1. The van der Waals surface area contributed by atoms with Crippen LogP contribution in [0.2, 0.25) is 0 Å². The SMILES string of the molecule is CCc1cc(F)c(C2CC(=O)N(c3cccn(CC(C)OC)c3=O)C2)c(F)c1. The van der Waals surface area contributed by atoms with Crippen LogP contribution < -0.4 is 10.5 Å². The lowest BCUT2D eigenvalue weighted by molar-refractivity contribution is -0.117. The maximum absolute atomic E-state index is 14.5. The molecule has 1 aromatic heterocycles. The van der Waals surface area contributed by atoms with Crippen LogP contribution in [0.1, 0.15) is 37.3 Å². The van der Waals surface area contributed by atoms with Gasteiger partial charge in [-0.05, 0) is 43.2 Å². The second-order valence-electron chi connectivity index (χ2n) is 7.13. The van der Waals surface area contributed by atoms with E-state index in [1.807, 2.05) is 13.8 Å². The Balaban J connectivity index is 1.90. The quantitative estimate of drug-likeness (QED) is 0.761. The minimum atomic E-state index is -0.643. The number of aromatic nitrogens is 1. The second kappa shape index (κ2) is 8.22. The molecule has 0 bridgehead atoms. The van der Waals surface area contributed by atoms with E-state index in [2.05, 4.69) is 0 Å². The molecular weight excluding hydrogens is 366 g/mol. The summed E-state index contributed by atoms with van der Waals surface area (Å²) in [6, 6.07) is 5.86. The van der Waals surface area contributed by atoms with Crippen LogP contribution in [0.4, 0.5) is 14.5 Å². The molecule has 2 heterocycles. The summed E-state index contributed by atoms with van der Waals surface area (Å²) >= 11 is 0. The van der Waals surface area contributed by atoms with Gasteiger partial charge in [0.2, 0.25) is 5.91 Å². The lowest BCUT2D eigenvalue weighted by Gasteiger charge is -2.19. The van der Waals surface area contributed by atoms with E-state index in [-0.39, 0.29) is 41.8 Å². The number of carbonyl (C=O) groups excluding carboxylic acids is 1. The molecule has 1 aliphatic heterocycles. The third-order valence-corrected chi connectivity index (χ3v) is 5.23. The van der Waals surface area contributed by atoms with Crippen LogP contribution in [-0.2, 0) is 22.5 Å². The van der Waals surface area contributed by atoms with E-state index in [1.165, 1.54) is 21.6 Å². The zero-order valence-electron chi connectivity index (χ0n) is 16.2. The Labute approximate surface area is 162 Å². The van der Waals surface area contributed by atoms with E-state index in [0.717, 1.165) is 0 Å². The number of ether oxygens (including phenoxy) is 1. The highest BCUT2D eigenvalue weighted by Gasteiger charge is 2.36. The van der Waals surface area contributed by atoms with Crippen LogP contribution in [-0.4, -0.2) is 30.2 Å². The number of hydrogen-bond donors (Lipinski definition) is 0. The topological polar surface area (TPSA) is 51.5 Å². The van der Waals surface area contributed by atoms with E-state index in [1.54, 1.807) is 25.4 Å². The fourth-order valence-electron chi connectivity index (χ4n) is 3.59. The summed E-state index contributed by atoms with van der Waals surface area (Å²) < 4.78 is 35.6. The van der Waals surface area contributed by atoms with Crippen molar-refractivity contribution in [2.24, 2.45) is 0 Å². The van der Waals surface area contributed by atoms with E-state index >= 15 is 0 Å². The van der Waals surface area contributed by atoms with Gasteiger partial charge < -0.3 is 14.2 Å². The highest BCUT2D eigenvalue weighted by molar-refractivity contribution is 5.96. The molecule has 5 nitrogen and oxygen atoms in total. The van der Waals surface area contributed by atoms with Crippen molar-refractivity contribution >= 4 is 11.6 Å². The lowest BCUT2D eigenvalue weighted by Crippen LogP contribution is -2.34. The Bertz CT molecular complexity index is 918. The van der Waals surface area contributed by atoms with Gasteiger partial charge in [0.1, 0.15) is 17.3 Å². The first-order valence-electron chi connectivity index (χ1n) is 9.36. The third-order valence-electron chi connectivity index (χ3n) is 5.23. The van der Waals surface area contributed by atoms with Crippen LogP contribution in [0.25, 0.3) is 0 Å². The molecule has 2 unspecified atom stereocenters. The number of halogens is 2. The van der Waals surface area contributed by atoms with Crippen LogP contribution in [0.15, 0.2) is 35.3 Å². The number of carbonyl (C=O) groups is 1. The summed E-state index contributed by atoms with van der Waals surface area (Å²) in [5, 5.41) is 0. The summed E-state index contributed by atoms with van der Waals surface area (Å²) in [6.45, 7) is 4.06. The number of nitrogens with zero attached hydrogens (tertiary/aromatic N) is 2. The predicted octanol–water partition coefficient (Wildman–Crippen LogP) is 3.24. The van der Waals surface area contributed by atoms with Gasteiger partial charge in [0.25, 0.3) is 5.56 Å². The average Bonchev–Trinajstić information content (AvgIpc) is 3.03. The second-order valence-corrected chi connectivity index (χ2v) is 7.13. The normalized spacial score (nSPS) is 18.0. The molecule has 150 valence electrons. The highest BCUT2D eigenvalue weighted by atomic mass is 19.1. The summed E-state index contributed by atoms with van der Waals surface area (Å²) in [5.74, 6) is -2.24. The molecule has 1 fully saturated rings. The van der Waals surface area contributed by atoms with Gasteiger partial charge in [0.05, 0.1) is 12.6 Å². The van der Waals surface area contributed by atoms with Crippen molar-refractivity contribution in [2.75, 3.05) is 18.6 Å². The molecule has 3 rings (SSSR count). The van der Waals surface area contributed by atoms with E-state index in [9.17, 15) is 18.4 Å². The standard InChI is InChI=1S/C21H24F2N2O3/c1-4-14-8-16(22)20(17(23)9-14)15-10-19(26)25(12-15)18-6-5-7-24(21(18)27)11-13(2)28-3/h5-9,13,15H,4,10-12H2,1-3H3. The molecule has 28 heavy (non-hydrogen) atoms. The van der Waals surface area contributed by atoms with Crippen molar-refractivity contribution < 1.29 is 18.3 Å². The molecule has 0 aliphatic carbocycles. The van der Waals surface area contributed by atoms with E-state index in [4.69, 9.17) is 4.74 Å². The van der Waals surface area contributed by atoms with Crippen molar-refractivity contribution in [2.45, 2.75) is 45.3 Å². The van der Waals surface area contributed by atoms with Crippen LogP contribution >= 0.6 is 0 Å². The maximum atomic E-state index is 14.5. The Morgan fingerprint density at radius 1 is 1.25 bits per heavy atom. The molecule has 1 aromatic carbocycles. The van der Waals surface area contributed by atoms with Gasteiger partial charge in [-0.2, -0.15) is 0 Å². The third kappa shape index (κ3) is 3.85. The van der Waals surface area contributed by atoms with Gasteiger partial charge in [-0.3, -0.25) is 9.59 Å². The smallest absolute Gasteiger partial charge is 0.274 e. The molecule has 1 aliphatic rings. The zero-order valence-corrected chi connectivity index (χ0v) is 16.2. The number of pyridine rings is 1.